The minimum Gasteiger partial charge on any atom is -0.310 e. The first-order valence-electron chi connectivity index (χ1n) is 29.6. The second-order valence-corrected chi connectivity index (χ2v) is 12.3. The van der Waals surface area contributed by atoms with Gasteiger partial charge in [-0.1, -0.05) is 163 Å². The molecule has 0 atom stereocenters. The normalized spacial score (nSPS) is 17.5. The Bertz CT molecular complexity index is 4310. The Kier molecular flexibility index (Phi) is 4.16. The van der Waals surface area contributed by atoms with Crippen LogP contribution in [0, 0.1) is 0 Å². The summed E-state index contributed by atoms with van der Waals surface area (Å²) in [5.74, 6) is 0. The molecule has 2 nitrogen and oxygen atoms in total. The molecule has 0 radical (unpaired) electrons. The lowest BCUT2D eigenvalue weighted by molar-refractivity contribution is 1.18. The molecule has 0 fully saturated rings. The van der Waals surface area contributed by atoms with Gasteiger partial charge >= 0.3 is 0 Å². The van der Waals surface area contributed by atoms with E-state index in [2.05, 4.69) is 0 Å². The topological polar surface area (TPSA) is 8.17 Å². The van der Waals surface area contributed by atoms with Crippen LogP contribution in [0.4, 0.5) is 17.1 Å². The number of para-hydroxylation sites is 2. The molecule has 0 aliphatic carbocycles. The van der Waals surface area contributed by atoms with Crippen LogP contribution in [0.25, 0.3) is 72.0 Å². The lowest BCUT2D eigenvalue weighted by Crippen LogP contribution is -2.10. The van der Waals surface area contributed by atoms with Gasteiger partial charge in [0.1, 0.15) is 0 Å². The van der Waals surface area contributed by atoms with Crippen LogP contribution in [-0.4, -0.2) is 4.57 Å². The fourth-order valence-corrected chi connectivity index (χ4v) is 6.49. The zero-order valence-electron chi connectivity index (χ0n) is 53.9. The molecule has 0 N–H and O–H groups in total. The summed E-state index contributed by atoms with van der Waals surface area (Å²) in [6, 6.07) is -0.976. The minimum atomic E-state index is -1.16. The summed E-state index contributed by atoms with van der Waals surface area (Å²) < 4.78 is 228. The second kappa shape index (κ2) is 14.4. The van der Waals surface area contributed by atoms with Crippen LogP contribution >= 0.6 is 0 Å². The first-order chi connectivity index (χ1) is 38.2. The molecule has 0 aliphatic rings. The molecule has 9 aromatic carbocycles. The summed E-state index contributed by atoms with van der Waals surface area (Å²) in [4.78, 5) is 0.517. The number of aromatic nitrogens is 1. The Hall–Kier alpha value is -7.42. The van der Waals surface area contributed by atoms with Crippen LogP contribution in [0.3, 0.4) is 0 Å². The van der Waals surface area contributed by atoms with Crippen molar-refractivity contribution in [3.8, 4) is 50.2 Å². The van der Waals surface area contributed by atoms with Gasteiger partial charge in [-0.25, -0.2) is 0 Å². The first kappa shape index (κ1) is 16.1. The number of fused-ring (bicyclic) bond motifs is 3. The van der Waals surface area contributed by atoms with Crippen molar-refractivity contribution in [3.63, 3.8) is 0 Å². The van der Waals surface area contributed by atoms with Gasteiger partial charge in [-0.15, -0.1) is 0 Å². The van der Waals surface area contributed by atoms with E-state index in [1.165, 1.54) is 0 Å². The molecular weight excluding hydrogens is 677 g/mol. The molecule has 0 saturated heterocycles. The fourth-order valence-electron chi connectivity index (χ4n) is 6.49. The van der Waals surface area contributed by atoms with Crippen molar-refractivity contribution in [2.75, 3.05) is 4.90 Å². The number of hydrogen-bond acceptors (Lipinski definition) is 1. The van der Waals surface area contributed by atoms with E-state index in [9.17, 15) is 16.4 Å². The van der Waals surface area contributed by atoms with E-state index in [0.717, 1.165) is 22.7 Å². The molecule has 56 heavy (non-hydrogen) atoms. The smallest absolute Gasteiger partial charge is 0.0651 e. The predicted molar refractivity (Wildman–Crippen MR) is 237 cm³/mol. The Morgan fingerprint density at radius 2 is 0.946 bits per heavy atom. The Morgan fingerprint density at radius 1 is 0.357 bits per heavy atom. The van der Waals surface area contributed by atoms with Crippen LogP contribution in [-0.2, 0) is 0 Å². The van der Waals surface area contributed by atoms with Gasteiger partial charge in [0.2, 0.25) is 0 Å². The molecule has 0 spiro atoms. The highest BCUT2D eigenvalue weighted by molar-refractivity contribution is 6.10. The summed E-state index contributed by atoms with van der Waals surface area (Å²) in [6.45, 7) is 0. The third-order valence-corrected chi connectivity index (χ3v) is 9.00. The fraction of sp³-hybridized carbons (Fsp3) is 0. The zero-order valence-corrected chi connectivity index (χ0v) is 28.9. The van der Waals surface area contributed by atoms with Gasteiger partial charge in [0.15, 0.2) is 0 Å². The maximum absolute atomic E-state index is 10.0. The van der Waals surface area contributed by atoms with Crippen LogP contribution in [0.5, 0.6) is 0 Å². The van der Waals surface area contributed by atoms with Crippen LogP contribution < -0.4 is 4.90 Å². The number of rotatable bonds is 8. The Labute approximate surface area is 362 Å². The monoisotopic (exact) mass is 739 g/mol. The quantitative estimate of drug-likeness (QED) is 0.151. The highest BCUT2D eigenvalue weighted by Crippen LogP contribution is 2.41. The van der Waals surface area contributed by atoms with Crippen molar-refractivity contribution in [3.05, 3.63) is 230 Å². The van der Waals surface area contributed by atoms with Crippen LogP contribution in [0.15, 0.2) is 230 Å². The molecule has 2 heteroatoms. The molecule has 0 unspecified atom stereocenters. The van der Waals surface area contributed by atoms with Gasteiger partial charge in [0.25, 0.3) is 0 Å². The third-order valence-electron chi connectivity index (χ3n) is 9.00. The van der Waals surface area contributed by atoms with Crippen molar-refractivity contribution in [1.29, 1.82) is 0 Å². The lowest BCUT2D eigenvalue weighted by Gasteiger charge is -2.26. The van der Waals surface area contributed by atoms with E-state index in [4.69, 9.17) is 17.8 Å². The van der Waals surface area contributed by atoms with E-state index >= 15 is 0 Å². The van der Waals surface area contributed by atoms with Crippen molar-refractivity contribution in [1.82, 2.24) is 4.57 Å². The zero-order chi connectivity index (χ0) is 59.0. The summed E-state index contributed by atoms with van der Waals surface area (Å²) in [6.07, 6.45) is 0. The summed E-state index contributed by atoms with van der Waals surface area (Å²) in [7, 11) is 0. The van der Waals surface area contributed by atoms with Crippen molar-refractivity contribution >= 4 is 38.9 Å². The number of nitrogens with zero attached hydrogens (tertiary/aromatic N) is 2. The van der Waals surface area contributed by atoms with Gasteiger partial charge in [-0.05, 0) is 111 Å². The average molecular weight is 740 g/mol. The first-order valence-corrected chi connectivity index (χ1v) is 17.1. The lowest BCUT2D eigenvalue weighted by atomic mass is 9.94. The van der Waals surface area contributed by atoms with Crippen molar-refractivity contribution < 1.29 is 34.3 Å². The molecule has 264 valence electrons. The maximum Gasteiger partial charge on any atom is 0.0651 e. The summed E-state index contributed by atoms with van der Waals surface area (Å²) >= 11 is 0. The third kappa shape index (κ3) is 6.14. The predicted octanol–water partition coefficient (Wildman–Crippen LogP) is 14.9. The summed E-state index contributed by atoms with van der Waals surface area (Å²) in [5, 5.41) is 1.34. The number of anilines is 3. The molecule has 1 aromatic heterocycles. The number of benzene rings is 9. The molecule has 10 rings (SSSR count). The molecule has 10 aromatic rings. The van der Waals surface area contributed by atoms with E-state index < -0.39 is 202 Å². The largest absolute Gasteiger partial charge is 0.310 e. The van der Waals surface area contributed by atoms with E-state index in [0.29, 0.717) is 15.8 Å². The average Bonchev–Trinajstić information content (AvgIpc) is 3.91. The van der Waals surface area contributed by atoms with Crippen molar-refractivity contribution in [2.45, 2.75) is 0 Å². The van der Waals surface area contributed by atoms with E-state index in [1.54, 1.807) is 18.2 Å². The summed E-state index contributed by atoms with van der Waals surface area (Å²) in [5.41, 5.74) is -5.14. The molecule has 1 heterocycles. The Morgan fingerprint density at radius 3 is 1.70 bits per heavy atom. The van der Waals surface area contributed by atoms with Crippen molar-refractivity contribution in [2.24, 2.45) is 0 Å². The van der Waals surface area contributed by atoms with E-state index in [-0.39, 0.29) is 11.1 Å². The highest BCUT2D eigenvalue weighted by Gasteiger charge is 2.17. The van der Waals surface area contributed by atoms with Gasteiger partial charge < -0.3 is 9.47 Å². The highest BCUT2D eigenvalue weighted by atomic mass is 15.1. The molecule has 0 bridgehead atoms. The second-order valence-electron chi connectivity index (χ2n) is 12.3. The van der Waals surface area contributed by atoms with Gasteiger partial charge in [-0.2, -0.15) is 0 Å². The van der Waals surface area contributed by atoms with Gasteiger partial charge in [0, 0.05) is 33.5 Å². The van der Waals surface area contributed by atoms with Gasteiger partial charge in [0.05, 0.1) is 45.3 Å². The minimum absolute atomic E-state index is 0.112. The van der Waals surface area contributed by atoms with Crippen LogP contribution in [0.2, 0.25) is 0 Å². The SMILES string of the molecule is [2H]c1cc(-c2c([2H])c([2H])c([2H])c([2H])c2[2H])c(-c2c([2H])c([2H])c(N(c3c([2H])c([2H])c(-c4c([2H])c([2H])c([2H])c([2H])c4[2H])c([2H])c3[2H])c3c([2H])c([2H])c([2H])c(-c4ccc5c(c4)c4ccccc4n5-c4ccccc4)c3[2H])c([2H])c2[2H])c([2H])c1[2H]. The standard InChI is InChI=1S/C54H38N2/c1-4-15-39(16-5-1)40-27-32-46(33-28-40)55(47-34-29-42(30-35-47)50-24-11-10-23-49(50)41-17-6-2-7-18-41)48-22-14-19-43(37-48)44-31-36-54-52(38-44)51-25-12-13-26-53(51)56(54)45-20-8-3-9-21-45/h1-38H/i1D,2D,4D,5D,6D,7D,10D,11D,14D,15D,16D,17D,18D,19D,22D,24D,27D,28D,29D,30D,32D,33D,34D,35D,37D. The van der Waals surface area contributed by atoms with E-state index in [1.807, 2.05) is 59.2 Å². The van der Waals surface area contributed by atoms with Gasteiger partial charge in [-0.3, -0.25) is 0 Å². The maximum atomic E-state index is 10.0. The molecule has 0 saturated carbocycles. The van der Waals surface area contributed by atoms with Crippen LogP contribution in [0.1, 0.15) is 34.3 Å². The molecule has 0 amide bonds. The molecule has 0 aliphatic heterocycles. The Balaban J connectivity index is 1.33. The molecular formula is C54H38N2. The number of hydrogen-bond donors (Lipinski definition) is 0.